The average Bonchev–Trinajstić information content (AvgIpc) is 3.12. The Bertz CT molecular complexity index is 905. The van der Waals surface area contributed by atoms with E-state index >= 15 is 0 Å². The summed E-state index contributed by atoms with van der Waals surface area (Å²) in [6.45, 7) is 4.05. The molecule has 0 spiro atoms. The molecule has 1 aromatic heterocycles. The van der Waals surface area contributed by atoms with Crippen LogP contribution >= 0.6 is 0 Å². The Balaban J connectivity index is 1.82. The van der Waals surface area contributed by atoms with Crippen molar-refractivity contribution in [3.8, 4) is 11.6 Å². The quantitative estimate of drug-likeness (QED) is 0.621. The van der Waals surface area contributed by atoms with Crippen molar-refractivity contribution >= 4 is 0 Å². The number of ether oxygens (including phenoxy) is 1. The van der Waals surface area contributed by atoms with Gasteiger partial charge in [-0.25, -0.2) is 4.68 Å². The molecule has 1 unspecified atom stereocenters. The van der Waals surface area contributed by atoms with Crippen LogP contribution in [0.4, 0.5) is 13.2 Å². The summed E-state index contributed by atoms with van der Waals surface area (Å²) in [7, 11) is 1.51. The molecule has 3 aromatic rings. The zero-order valence-corrected chi connectivity index (χ0v) is 15.9. The number of halogens is 3. The summed E-state index contributed by atoms with van der Waals surface area (Å²) in [4.78, 5) is 0. The molecule has 2 aromatic carbocycles. The number of methoxy groups -OCH3 is 1. The van der Waals surface area contributed by atoms with Gasteiger partial charge in [-0.1, -0.05) is 30.3 Å². The van der Waals surface area contributed by atoms with E-state index in [0.29, 0.717) is 11.6 Å². The minimum atomic E-state index is -4.37. The SMILES string of the molecule is COc1cc([C@@H](C)NC(C)c2ccccc2)nn1-c1ccc(C(F)(F)F)cc1. The van der Waals surface area contributed by atoms with Crippen molar-refractivity contribution in [2.75, 3.05) is 7.11 Å². The van der Waals surface area contributed by atoms with Gasteiger partial charge in [0.1, 0.15) is 0 Å². The predicted octanol–water partition coefficient (Wildman–Crippen LogP) is 5.31. The van der Waals surface area contributed by atoms with E-state index in [1.807, 2.05) is 37.3 Å². The van der Waals surface area contributed by atoms with Crippen LogP contribution in [0.1, 0.15) is 42.8 Å². The number of aromatic nitrogens is 2. The molecule has 4 nitrogen and oxygen atoms in total. The van der Waals surface area contributed by atoms with E-state index in [2.05, 4.69) is 17.3 Å². The molecular formula is C21H22F3N3O. The first-order valence-electron chi connectivity index (χ1n) is 8.92. The van der Waals surface area contributed by atoms with Crippen molar-refractivity contribution in [1.82, 2.24) is 15.1 Å². The molecule has 0 radical (unpaired) electrons. The number of nitrogens with zero attached hydrogens (tertiary/aromatic N) is 2. The van der Waals surface area contributed by atoms with Gasteiger partial charge >= 0.3 is 6.18 Å². The Labute approximate surface area is 162 Å². The molecule has 148 valence electrons. The van der Waals surface area contributed by atoms with Crippen LogP contribution in [0.25, 0.3) is 5.69 Å². The number of benzene rings is 2. The molecule has 1 N–H and O–H groups in total. The highest BCUT2D eigenvalue weighted by Gasteiger charge is 2.30. The van der Waals surface area contributed by atoms with Gasteiger partial charge in [0, 0.05) is 18.2 Å². The number of hydrogen-bond acceptors (Lipinski definition) is 3. The predicted molar refractivity (Wildman–Crippen MR) is 102 cm³/mol. The van der Waals surface area contributed by atoms with Crippen molar-refractivity contribution in [3.63, 3.8) is 0 Å². The van der Waals surface area contributed by atoms with Crippen molar-refractivity contribution in [1.29, 1.82) is 0 Å². The first kappa shape index (κ1) is 19.9. The van der Waals surface area contributed by atoms with Crippen LogP contribution in [0.3, 0.4) is 0 Å². The van der Waals surface area contributed by atoms with Crippen LogP contribution in [0.15, 0.2) is 60.7 Å². The number of nitrogens with one attached hydrogen (secondary N) is 1. The summed E-state index contributed by atoms with van der Waals surface area (Å²) in [5.41, 5.74) is 1.69. The molecule has 0 aliphatic heterocycles. The number of alkyl halides is 3. The van der Waals surface area contributed by atoms with Crippen molar-refractivity contribution in [2.45, 2.75) is 32.1 Å². The summed E-state index contributed by atoms with van der Waals surface area (Å²) in [6, 6.07) is 16.7. The Morgan fingerprint density at radius 3 is 2.18 bits per heavy atom. The maximum absolute atomic E-state index is 12.8. The lowest BCUT2D eigenvalue weighted by Crippen LogP contribution is -2.22. The van der Waals surface area contributed by atoms with E-state index in [4.69, 9.17) is 4.74 Å². The van der Waals surface area contributed by atoms with Crippen LogP contribution in [-0.2, 0) is 6.18 Å². The molecule has 0 amide bonds. The van der Waals surface area contributed by atoms with E-state index in [0.717, 1.165) is 23.4 Å². The first-order valence-corrected chi connectivity index (χ1v) is 8.92. The highest BCUT2D eigenvalue weighted by atomic mass is 19.4. The maximum atomic E-state index is 12.8. The van der Waals surface area contributed by atoms with E-state index in [9.17, 15) is 13.2 Å². The van der Waals surface area contributed by atoms with Gasteiger partial charge in [-0.3, -0.25) is 0 Å². The molecule has 3 rings (SSSR count). The normalized spacial score (nSPS) is 13.9. The lowest BCUT2D eigenvalue weighted by atomic mass is 10.1. The zero-order valence-electron chi connectivity index (χ0n) is 15.9. The van der Waals surface area contributed by atoms with Crippen LogP contribution < -0.4 is 10.1 Å². The van der Waals surface area contributed by atoms with Gasteiger partial charge in [-0.05, 0) is 43.7 Å². The lowest BCUT2D eigenvalue weighted by Gasteiger charge is -2.19. The second-order valence-electron chi connectivity index (χ2n) is 6.59. The molecule has 7 heteroatoms. The second-order valence-corrected chi connectivity index (χ2v) is 6.59. The van der Waals surface area contributed by atoms with Crippen LogP contribution in [-0.4, -0.2) is 16.9 Å². The Morgan fingerprint density at radius 1 is 0.964 bits per heavy atom. The fourth-order valence-electron chi connectivity index (χ4n) is 3.01. The molecule has 28 heavy (non-hydrogen) atoms. The smallest absolute Gasteiger partial charge is 0.416 e. The highest BCUT2D eigenvalue weighted by molar-refractivity contribution is 5.39. The van der Waals surface area contributed by atoms with Gasteiger partial charge in [0.2, 0.25) is 5.88 Å². The van der Waals surface area contributed by atoms with Crippen molar-refractivity contribution in [2.24, 2.45) is 0 Å². The van der Waals surface area contributed by atoms with Gasteiger partial charge in [0.15, 0.2) is 0 Å². The number of hydrogen-bond donors (Lipinski definition) is 1. The van der Waals surface area contributed by atoms with Gasteiger partial charge < -0.3 is 10.1 Å². The fraction of sp³-hybridized carbons (Fsp3) is 0.286. The van der Waals surface area contributed by atoms with Gasteiger partial charge in [0.25, 0.3) is 0 Å². The molecule has 0 saturated carbocycles. The standard InChI is InChI=1S/C21H22F3N3O/c1-14(16-7-5-4-6-8-16)25-15(2)19-13-20(28-3)27(26-19)18-11-9-17(10-12-18)21(22,23)24/h4-15,25H,1-3H3/t14?,15-/m1/s1. The summed E-state index contributed by atoms with van der Waals surface area (Å²) in [5.74, 6) is 0.454. The Morgan fingerprint density at radius 2 is 1.61 bits per heavy atom. The minimum Gasteiger partial charge on any atom is -0.481 e. The molecule has 2 atom stereocenters. The molecule has 0 aliphatic rings. The molecular weight excluding hydrogens is 367 g/mol. The zero-order chi connectivity index (χ0) is 20.3. The largest absolute Gasteiger partial charge is 0.481 e. The second kappa shape index (κ2) is 8.06. The van der Waals surface area contributed by atoms with Crippen LogP contribution in [0.5, 0.6) is 5.88 Å². The third kappa shape index (κ3) is 4.36. The average molecular weight is 389 g/mol. The van der Waals surface area contributed by atoms with Crippen LogP contribution in [0.2, 0.25) is 0 Å². The van der Waals surface area contributed by atoms with Gasteiger partial charge in [-0.2, -0.15) is 18.3 Å². The molecule has 1 heterocycles. The van der Waals surface area contributed by atoms with Crippen LogP contribution in [0, 0.1) is 0 Å². The topological polar surface area (TPSA) is 39.1 Å². The Kier molecular flexibility index (Phi) is 5.74. The summed E-state index contributed by atoms with van der Waals surface area (Å²) in [5, 5.41) is 8.02. The van der Waals surface area contributed by atoms with E-state index < -0.39 is 11.7 Å². The highest BCUT2D eigenvalue weighted by Crippen LogP contribution is 2.31. The number of rotatable bonds is 6. The Hall–Kier alpha value is -2.80. The third-order valence-electron chi connectivity index (χ3n) is 4.59. The lowest BCUT2D eigenvalue weighted by molar-refractivity contribution is -0.137. The maximum Gasteiger partial charge on any atom is 0.416 e. The molecule has 0 bridgehead atoms. The summed E-state index contributed by atoms with van der Waals surface area (Å²) < 4.78 is 45.2. The summed E-state index contributed by atoms with van der Waals surface area (Å²) in [6.07, 6.45) is -4.37. The van der Waals surface area contributed by atoms with E-state index in [1.54, 1.807) is 6.07 Å². The third-order valence-corrected chi connectivity index (χ3v) is 4.59. The van der Waals surface area contributed by atoms with E-state index in [-0.39, 0.29) is 12.1 Å². The summed E-state index contributed by atoms with van der Waals surface area (Å²) >= 11 is 0. The molecule has 0 aliphatic carbocycles. The first-order chi connectivity index (χ1) is 13.3. The van der Waals surface area contributed by atoms with Gasteiger partial charge in [-0.15, -0.1) is 0 Å². The van der Waals surface area contributed by atoms with Gasteiger partial charge in [0.05, 0.1) is 24.1 Å². The van der Waals surface area contributed by atoms with E-state index in [1.165, 1.54) is 23.9 Å². The minimum absolute atomic E-state index is 0.0835. The van der Waals surface area contributed by atoms with Crippen molar-refractivity contribution < 1.29 is 17.9 Å². The molecule has 0 fully saturated rings. The molecule has 0 saturated heterocycles. The van der Waals surface area contributed by atoms with Crippen molar-refractivity contribution in [3.05, 3.63) is 77.5 Å². The monoisotopic (exact) mass is 389 g/mol. The fourth-order valence-corrected chi connectivity index (χ4v) is 3.01.